The van der Waals surface area contributed by atoms with Gasteiger partial charge in [0.15, 0.2) is 0 Å². The summed E-state index contributed by atoms with van der Waals surface area (Å²) in [6, 6.07) is 0. The number of carbonyl (C=O) groups excluding carboxylic acids is 2. The Morgan fingerprint density at radius 2 is 1.60 bits per heavy atom. The minimum Gasteiger partial charge on any atom is -0.550 e. The second kappa shape index (κ2) is 10.6. The molecule has 106 valence electrons. The van der Waals surface area contributed by atoms with Gasteiger partial charge in [-0.25, -0.2) is 0 Å². The molecule has 0 aromatic heterocycles. The standard InChI is InChI=1S/C10H18O7S.2Na/c1-3-5-7(8(11)12)10(6-4-2,9(13)14)18(15,16)17;;/h7H,3-6H2,1-2H3,(H,11,12)(H,13,14)(H,15,16,17);;/q;2*+1/p-2. The molecule has 1 N–H and O–H groups in total. The first kappa shape index (κ1) is 25.8. The molecule has 0 aromatic rings. The fraction of sp³-hybridized carbons (Fsp3) is 0.800. The van der Waals surface area contributed by atoms with Crippen LogP contribution in [0.3, 0.4) is 0 Å². The van der Waals surface area contributed by atoms with Crippen molar-refractivity contribution in [3.8, 4) is 0 Å². The van der Waals surface area contributed by atoms with Crippen molar-refractivity contribution < 1.29 is 91.9 Å². The van der Waals surface area contributed by atoms with Crippen molar-refractivity contribution >= 4 is 22.1 Å². The first-order valence-corrected chi connectivity index (χ1v) is 6.98. The molecule has 20 heavy (non-hydrogen) atoms. The third-order valence-electron chi connectivity index (χ3n) is 2.85. The number of carbonyl (C=O) groups is 2. The maximum atomic E-state index is 11.3. The van der Waals surface area contributed by atoms with Crippen molar-refractivity contribution in [2.45, 2.75) is 44.3 Å². The van der Waals surface area contributed by atoms with E-state index in [-0.39, 0.29) is 78.4 Å². The first-order valence-electron chi connectivity index (χ1n) is 5.54. The van der Waals surface area contributed by atoms with E-state index in [1.165, 1.54) is 6.92 Å². The maximum Gasteiger partial charge on any atom is 1.00 e. The average Bonchev–Trinajstić information content (AvgIpc) is 2.20. The predicted octanol–water partition coefficient (Wildman–Crippen LogP) is -7.66. The Labute approximate surface area is 162 Å². The fourth-order valence-electron chi connectivity index (χ4n) is 2.03. The van der Waals surface area contributed by atoms with E-state index in [0.717, 1.165) is 0 Å². The Bertz CT molecular complexity index is 423. The molecule has 0 radical (unpaired) electrons. The second-order valence-corrected chi connectivity index (χ2v) is 5.74. The van der Waals surface area contributed by atoms with E-state index < -0.39 is 39.1 Å². The van der Waals surface area contributed by atoms with Crippen LogP contribution < -0.4 is 69.3 Å². The van der Waals surface area contributed by atoms with Gasteiger partial charge in [0.2, 0.25) is 0 Å². The summed E-state index contributed by atoms with van der Waals surface area (Å²) in [4.78, 5) is 22.1. The molecule has 0 fully saturated rings. The maximum absolute atomic E-state index is 11.3. The van der Waals surface area contributed by atoms with Crippen LogP contribution in [0.4, 0.5) is 0 Å². The van der Waals surface area contributed by atoms with Crippen LogP contribution in [0.2, 0.25) is 0 Å². The summed E-state index contributed by atoms with van der Waals surface area (Å²) in [5.41, 5.74) is 0. The number of hydrogen-bond donors (Lipinski definition) is 1. The topological polar surface area (TPSA) is 135 Å². The van der Waals surface area contributed by atoms with Gasteiger partial charge >= 0.3 is 59.1 Å². The van der Waals surface area contributed by atoms with Gasteiger partial charge in [-0.1, -0.05) is 26.7 Å². The molecule has 2 unspecified atom stereocenters. The van der Waals surface area contributed by atoms with Gasteiger partial charge in [-0.15, -0.1) is 0 Å². The van der Waals surface area contributed by atoms with Crippen LogP contribution in [0.5, 0.6) is 0 Å². The van der Waals surface area contributed by atoms with E-state index in [0.29, 0.717) is 0 Å². The van der Waals surface area contributed by atoms with E-state index in [4.69, 9.17) is 4.55 Å². The van der Waals surface area contributed by atoms with Crippen molar-refractivity contribution in [1.29, 1.82) is 0 Å². The fourth-order valence-corrected chi connectivity index (χ4v) is 3.28. The predicted molar refractivity (Wildman–Crippen MR) is 57.6 cm³/mol. The van der Waals surface area contributed by atoms with Gasteiger partial charge < -0.3 is 19.8 Å². The van der Waals surface area contributed by atoms with E-state index in [2.05, 4.69) is 0 Å². The third-order valence-corrected chi connectivity index (χ3v) is 4.43. The number of aliphatic carboxylic acids is 2. The summed E-state index contributed by atoms with van der Waals surface area (Å²) in [5, 5.41) is 22.1. The normalized spacial score (nSPS) is 15.2. The molecule has 0 heterocycles. The Morgan fingerprint density at radius 1 is 1.15 bits per heavy atom. The Morgan fingerprint density at radius 3 is 1.80 bits per heavy atom. The van der Waals surface area contributed by atoms with Crippen LogP contribution in [0.15, 0.2) is 0 Å². The molecule has 0 aliphatic rings. The van der Waals surface area contributed by atoms with Crippen molar-refractivity contribution in [1.82, 2.24) is 0 Å². The van der Waals surface area contributed by atoms with Crippen LogP contribution in [-0.4, -0.2) is 29.7 Å². The largest absolute Gasteiger partial charge is 1.00 e. The number of hydrogen-bond acceptors (Lipinski definition) is 6. The number of carboxylic acid groups (broad SMARTS) is 2. The summed E-state index contributed by atoms with van der Waals surface area (Å²) in [7, 11) is -5.14. The number of carboxylic acids is 2. The summed E-state index contributed by atoms with van der Waals surface area (Å²) in [5.74, 6) is -5.79. The van der Waals surface area contributed by atoms with Gasteiger partial charge in [0.05, 0.1) is 5.97 Å². The molecular formula is C10H16Na2O7S. The van der Waals surface area contributed by atoms with Crippen molar-refractivity contribution in [2.75, 3.05) is 0 Å². The molecule has 0 saturated heterocycles. The molecule has 0 aliphatic heterocycles. The molecule has 0 aliphatic carbocycles. The molecular weight excluding hydrogens is 310 g/mol. The molecule has 0 aromatic carbocycles. The van der Waals surface area contributed by atoms with Crippen LogP contribution in [0.25, 0.3) is 0 Å². The Balaban J connectivity index is -0.00000144. The van der Waals surface area contributed by atoms with Crippen LogP contribution >= 0.6 is 0 Å². The summed E-state index contributed by atoms with van der Waals surface area (Å²) in [6.45, 7) is 3.03. The van der Waals surface area contributed by atoms with Gasteiger partial charge in [-0.2, -0.15) is 8.42 Å². The Hall–Kier alpha value is 0.850. The molecule has 7 nitrogen and oxygen atoms in total. The zero-order chi connectivity index (χ0) is 14.6. The molecule has 0 spiro atoms. The van der Waals surface area contributed by atoms with Gasteiger partial charge in [-0.05, 0) is 12.8 Å². The van der Waals surface area contributed by atoms with Gasteiger partial charge in [0.25, 0.3) is 10.1 Å². The molecule has 0 bridgehead atoms. The van der Waals surface area contributed by atoms with Crippen LogP contribution in [0, 0.1) is 5.92 Å². The molecule has 2 atom stereocenters. The zero-order valence-electron chi connectivity index (χ0n) is 12.2. The first-order chi connectivity index (χ1) is 8.15. The molecule has 10 heteroatoms. The van der Waals surface area contributed by atoms with Gasteiger partial charge in [0, 0.05) is 11.9 Å². The smallest absolute Gasteiger partial charge is 0.550 e. The van der Waals surface area contributed by atoms with E-state index >= 15 is 0 Å². The minimum absolute atomic E-state index is 0. The minimum atomic E-state index is -5.14. The molecule has 0 rings (SSSR count). The van der Waals surface area contributed by atoms with E-state index in [9.17, 15) is 28.2 Å². The third kappa shape index (κ3) is 5.57. The molecule has 0 amide bonds. The van der Waals surface area contributed by atoms with Crippen LogP contribution in [0.1, 0.15) is 39.5 Å². The monoisotopic (exact) mass is 326 g/mol. The van der Waals surface area contributed by atoms with Gasteiger partial charge in [0.1, 0.15) is 4.75 Å². The summed E-state index contributed by atoms with van der Waals surface area (Å²) >= 11 is 0. The van der Waals surface area contributed by atoms with Crippen molar-refractivity contribution in [2.24, 2.45) is 5.92 Å². The summed E-state index contributed by atoms with van der Waals surface area (Å²) in [6.07, 6.45) is -0.503. The SMILES string of the molecule is CCCC(C(=O)[O-])C(CCC)(C(=O)[O-])S(=O)(=O)O.[Na+].[Na+]. The van der Waals surface area contributed by atoms with E-state index in [1.807, 2.05) is 0 Å². The zero-order valence-corrected chi connectivity index (χ0v) is 17.0. The number of rotatable bonds is 8. The van der Waals surface area contributed by atoms with Gasteiger partial charge in [-0.3, -0.25) is 4.55 Å². The average molecular weight is 326 g/mol. The second-order valence-electron chi connectivity index (χ2n) is 4.06. The van der Waals surface area contributed by atoms with E-state index in [1.54, 1.807) is 6.92 Å². The van der Waals surface area contributed by atoms with Crippen molar-refractivity contribution in [3.63, 3.8) is 0 Å². The van der Waals surface area contributed by atoms with Crippen molar-refractivity contribution in [3.05, 3.63) is 0 Å². The Kier molecular flexibility index (Phi) is 13.6. The quantitative estimate of drug-likeness (QED) is 0.346. The van der Waals surface area contributed by atoms with Crippen LogP contribution in [-0.2, 0) is 19.7 Å². The summed E-state index contributed by atoms with van der Waals surface area (Å²) < 4.78 is 29.0. The molecule has 0 saturated carbocycles.